The van der Waals surface area contributed by atoms with Crippen LogP contribution in [-0.2, 0) is 6.42 Å². The summed E-state index contributed by atoms with van der Waals surface area (Å²) in [4.78, 5) is 0. The zero-order valence-electron chi connectivity index (χ0n) is 11.1. The standard InChI is InChI=1S/C15H15F2NO2.ClH/c16-11-6-12(17)8-14(7-11)20-15-4-2-1-3-10(15)5-13(18)9-19;/h1-4,6-8,13,19H,5,9,18H2;1H. The molecule has 0 radical (unpaired) electrons. The zero-order chi connectivity index (χ0) is 14.5. The molecule has 0 bridgehead atoms. The molecule has 0 saturated heterocycles. The van der Waals surface area contributed by atoms with Crippen molar-refractivity contribution in [3.63, 3.8) is 0 Å². The number of halogens is 3. The van der Waals surface area contributed by atoms with E-state index >= 15 is 0 Å². The van der Waals surface area contributed by atoms with Crippen LogP contribution >= 0.6 is 12.4 Å². The molecule has 0 heterocycles. The Morgan fingerprint density at radius 2 is 1.71 bits per heavy atom. The average Bonchev–Trinajstić information content (AvgIpc) is 2.39. The van der Waals surface area contributed by atoms with E-state index in [2.05, 4.69) is 0 Å². The van der Waals surface area contributed by atoms with Crippen LogP contribution in [0.4, 0.5) is 8.78 Å². The summed E-state index contributed by atoms with van der Waals surface area (Å²) >= 11 is 0. The molecule has 2 aromatic rings. The highest BCUT2D eigenvalue weighted by atomic mass is 35.5. The maximum atomic E-state index is 13.1. The van der Waals surface area contributed by atoms with E-state index in [4.69, 9.17) is 15.6 Å². The van der Waals surface area contributed by atoms with Gasteiger partial charge in [-0.3, -0.25) is 0 Å². The molecule has 0 saturated carbocycles. The first-order valence-electron chi connectivity index (χ1n) is 6.17. The molecule has 1 atom stereocenters. The number of rotatable bonds is 5. The van der Waals surface area contributed by atoms with Crippen LogP contribution in [-0.4, -0.2) is 17.8 Å². The lowest BCUT2D eigenvalue weighted by Crippen LogP contribution is -2.26. The van der Waals surface area contributed by atoms with Gasteiger partial charge in [-0.15, -0.1) is 12.4 Å². The number of aliphatic hydroxyl groups excluding tert-OH is 1. The van der Waals surface area contributed by atoms with Gasteiger partial charge in [0.1, 0.15) is 23.1 Å². The Bertz CT molecular complexity index is 575. The second kappa shape index (κ2) is 7.93. The monoisotopic (exact) mass is 315 g/mol. The molecule has 0 spiro atoms. The van der Waals surface area contributed by atoms with Crippen molar-refractivity contribution in [1.82, 2.24) is 0 Å². The fourth-order valence-corrected chi connectivity index (χ4v) is 1.83. The summed E-state index contributed by atoms with van der Waals surface area (Å²) in [6.07, 6.45) is 0.407. The molecule has 21 heavy (non-hydrogen) atoms. The molecule has 0 aliphatic rings. The van der Waals surface area contributed by atoms with E-state index in [-0.39, 0.29) is 24.8 Å². The van der Waals surface area contributed by atoms with Gasteiger partial charge in [0, 0.05) is 24.2 Å². The number of benzene rings is 2. The third-order valence-electron chi connectivity index (χ3n) is 2.75. The van der Waals surface area contributed by atoms with E-state index in [1.54, 1.807) is 24.3 Å². The van der Waals surface area contributed by atoms with Gasteiger partial charge in [0.05, 0.1) is 6.61 Å². The van der Waals surface area contributed by atoms with Crippen LogP contribution in [0.2, 0.25) is 0 Å². The minimum atomic E-state index is -0.704. The van der Waals surface area contributed by atoms with Crippen molar-refractivity contribution >= 4 is 12.4 Å². The van der Waals surface area contributed by atoms with Gasteiger partial charge in [-0.05, 0) is 18.1 Å². The number of hydrogen-bond acceptors (Lipinski definition) is 3. The van der Waals surface area contributed by atoms with Crippen LogP contribution in [0, 0.1) is 11.6 Å². The molecule has 0 aliphatic heterocycles. The lowest BCUT2D eigenvalue weighted by molar-refractivity contribution is 0.264. The van der Waals surface area contributed by atoms with Gasteiger partial charge in [-0.2, -0.15) is 0 Å². The fourth-order valence-electron chi connectivity index (χ4n) is 1.83. The predicted molar refractivity (Wildman–Crippen MR) is 78.9 cm³/mol. The first kappa shape index (κ1) is 17.4. The van der Waals surface area contributed by atoms with Crippen molar-refractivity contribution in [2.24, 2.45) is 5.73 Å². The molecule has 3 N–H and O–H groups in total. The van der Waals surface area contributed by atoms with Gasteiger partial charge in [-0.25, -0.2) is 8.78 Å². The topological polar surface area (TPSA) is 55.5 Å². The number of para-hydroxylation sites is 1. The van der Waals surface area contributed by atoms with Crippen molar-refractivity contribution in [3.05, 3.63) is 59.7 Å². The number of aliphatic hydroxyl groups is 1. The Balaban J connectivity index is 0.00000220. The summed E-state index contributed by atoms with van der Waals surface area (Å²) in [5.41, 5.74) is 6.45. The van der Waals surface area contributed by atoms with E-state index in [9.17, 15) is 8.78 Å². The minimum Gasteiger partial charge on any atom is -0.457 e. The normalized spacial score (nSPS) is 11.6. The predicted octanol–water partition coefficient (Wildman–Crippen LogP) is 3.04. The van der Waals surface area contributed by atoms with Crippen molar-refractivity contribution in [1.29, 1.82) is 0 Å². The summed E-state index contributed by atoms with van der Waals surface area (Å²) in [6, 6.07) is 9.60. The molecule has 3 nitrogen and oxygen atoms in total. The van der Waals surface area contributed by atoms with Gasteiger partial charge in [0.25, 0.3) is 0 Å². The van der Waals surface area contributed by atoms with Crippen LogP contribution in [0.25, 0.3) is 0 Å². The third-order valence-corrected chi connectivity index (χ3v) is 2.75. The lowest BCUT2D eigenvalue weighted by atomic mass is 10.1. The highest BCUT2D eigenvalue weighted by Gasteiger charge is 2.10. The molecular formula is C15H16ClF2NO2. The van der Waals surface area contributed by atoms with Gasteiger partial charge >= 0.3 is 0 Å². The van der Waals surface area contributed by atoms with Gasteiger partial charge in [0.15, 0.2) is 0 Å². The highest BCUT2D eigenvalue weighted by molar-refractivity contribution is 5.85. The van der Waals surface area contributed by atoms with E-state index in [0.717, 1.165) is 23.8 Å². The minimum absolute atomic E-state index is 0. The maximum Gasteiger partial charge on any atom is 0.133 e. The molecule has 0 aromatic heterocycles. The van der Waals surface area contributed by atoms with Crippen LogP contribution in [0.15, 0.2) is 42.5 Å². The number of ether oxygens (including phenoxy) is 1. The molecule has 6 heteroatoms. The first-order valence-corrected chi connectivity index (χ1v) is 6.17. The quantitative estimate of drug-likeness (QED) is 0.891. The SMILES string of the molecule is Cl.NC(CO)Cc1ccccc1Oc1cc(F)cc(F)c1. The second-order valence-electron chi connectivity index (χ2n) is 4.46. The zero-order valence-corrected chi connectivity index (χ0v) is 11.9. The van der Waals surface area contributed by atoms with E-state index < -0.39 is 17.7 Å². The van der Waals surface area contributed by atoms with Gasteiger partial charge in [0.2, 0.25) is 0 Å². The lowest BCUT2D eigenvalue weighted by Gasteiger charge is -2.13. The van der Waals surface area contributed by atoms with Crippen LogP contribution in [0.5, 0.6) is 11.5 Å². The maximum absolute atomic E-state index is 13.1. The third kappa shape index (κ3) is 4.97. The smallest absolute Gasteiger partial charge is 0.133 e. The van der Waals surface area contributed by atoms with Crippen LogP contribution < -0.4 is 10.5 Å². The molecule has 114 valence electrons. The number of nitrogens with two attached hydrogens (primary N) is 1. The Hall–Kier alpha value is -1.69. The van der Waals surface area contributed by atoms with Crippen LogP contribution in [0.1, 0.15) is 5.56 Å². The molecule has 0 amide bonds. The molecule has 0 fully saturated rings. The van der Waals surface area contributed by atoms with Crippen molar-refractivity contribution in [3.8, 4) is 11.5 Å². The molecule has 2 rings (SSSR count). The highest BCUT2D eigenvalue weighted by Crippen LogP contribution is 2.27. The summed E-state index contributed by atoms with van der Waals surface area (Å²) in [7, 11) is 0. The second-order valence-corrected chi connectivity index (χ2v) is 4.46. The Morgan fingerprint density at radius 1 is 1.10 bits per heavy atom. The van der Waals surface area contributed by atoms with Crippen molar-refractivity contribution < 1.29 is 18.6 Å². The summed E-state index contributed by atoms with van der Waals surface area (Å²) in [6.45, 7) is -0.150. The Labute approximate surface area is 127 Å². The summed E-state index contributed by atoms with van der Waals surface area (Å²) in [5.74, 6) is -0.872. The van der Waals surface area contributed by atoms with E-state index in [1.807, 2.05) is 0 Å². The van der Waals surface area contributed by atoms with Crippen molar-refractivity contribution in [2.45, 2.75) is 12.5 Å². The molecule has 0 aliphatic carbocycles. The summed E-state index contributed by atoms with van der Waals surface area (Å²) < 4.78 is 31.7. The van der Waals surface area contributed by atoms with Gasteiger partial charge < -0.3 is 15.6 Å². The summed E-state index contributed by atoms with van der Waals surface area (Å²) in [5, 5.41) is 8.98. The van der Waals surface area contributed by atoms with E-state index in [0.29, 0.717) is 12.2 Å². The number of hydrogen-bond donors (Lipinski definition) is 2. The molecular weight excluding hydrogens is 300 g/mol. The van der Waals surface area contributed by atoms with E-state index in [1.165, 1.54) is 0 Å². The van der Waals surface area contributed by atoms with Crippen molar-refractivity contribution in [2.75, 3.05) is 6.61 Å². The molecule has 1 unspecified atom stereocenters. The molecule has 2 aromatic carbocycles. The fraction of sp³-hybridized carbons (Fsp3) is 0.200. The Kier molecular flexibility index (Phi) is 6.55. The van der Waals surface area contributed by atoms with Gasteiger partial charge in [-0.1, -0.05) is 18.2 Å². The Morgan fingerprint density at radius 3 is 2.33 bits per heavy atom. The van der Waals surface area contributed by atoms with Crippen LogP contribution in [0.3, 0.4) is 0 Å². The first-order chi connectivity index (χ1) is 9.58. The average molecular weight is 316 g/mol. The largest absolute Gasteiger partial charge is 0.457 e.